The lowest BCUT2D eigenvalue weighted by Gasteiger charge is -2.14. The van der Waals surface area contributed by atoms with Gasteiger partial charge in [0.05, 0.1) is 6.42 Å². The van der Waals surface area contributed by atoms with E-state index in [1.807, 2.05) is 0 Å². The van der Waals surface area contributed by atoms with Crippen LogP contribution in [0.5, 0.6) is 5.75 Å². The maximum absolute atomic E-state index is 11.9. The Morgan fingerprint density at radius 1 is 1.00 bits per heavy atom. The molecule has 7 heteroatoms. The lowest BCUT2D eigenvalue weighted by Crippen LogP contribution is -2.46. The van der Waals surface area contributed by atoms with Crippen LogP contribution in [0, 0.1) is 0 Å². The molecule has 0 saturated heterocycles. The molecule has 2 amide bonds. The first-order valence-electron chi connectivity index (χ1n) is 7.58. The number of hydrogen-bond donors (Lipinski definition) is 3. The molecule has 0 fully saturated rings. The highest BCUT2D eigenvalue weighted by Gasteiger charge is 2.18. The van der Waals surface area contributed by atoms with Gasteiger partial charge in [-0.05, 0) is 36.8 Å². The molecule has 1 atom stereocenters. The zero-order valence-electron chi connectivity index (χ0n) is 13.6. The summed E-state index contributed by atoms with van der Waals surface area (Å²) in [5.41, 5.74) is 5.49. The van der Waals surface area contributed by atoms with Crippen LogP contribution >= 0.6 is 0 Å². The third-order valence-electron chi connectivity index (χ3n) is 3.30. The van der Waals surface area contributed by atoms with Crippen molar-refractivity contribution in [3.63, 3.8) is 0 Å². The lowest BCUT2D eigenvalue weighted by atomic mass is 10.1. The SMILES string of the molecule is C[C@H](OC(=O)Cc1ccc(O)cc1)C(=O)NNC(=O)c1ccccc1. The number of aromatic hydroxyl groups is 1. The molecule has 0 radical (unpaired) electrons. The summed E-state index contributed by atoms with van der Waals surface area (Å²) in [6.45, 7) is 1.40. The Kier molecular flexibility index (Phi) is 6.11. The van der Waals surface area contributed by atoms with E-state index in [9.17, 15) is 19.5 Å². The van der Waals surface area contributed by atoms with Gasteiger partial charge in [-0.25, -0.2) is 0 Å². The van der Waals surface area contributed by atoms with E-state index in [-0.39, 0.29) is 12.2 Å². The summed E-state index contributed by atoms with van der Waals surface area (Å²) >= 11 is 0. The number of rotatable bonds is 5. The molecule has 0 bridgehead atoms. The fraction of sp³-hybridized carbons (Fsp3) is 0.167. The van der Waals surface area contributed by atoms with Crippen molar-refractivity contribution < 1.29 is 24.2 Å². The second-order valence-corrected chi connectivity index (χ2v) is 5.28. The van der Waals surface area contributed by atoms with Crippen molar-refractivity contribution in [3.8, 4) is 5.75 Å². The molecule has 3 N–H and O–H groups in total. The fourth-order valence-electron chi connectivity index (χ4n) is 1.95. The number of phenols is 1. The highest BCUT2D eigenvalue weighted by Crippen LogP contribution is 2.10. The number of hydrazine groups is 1. The summed E-state index contributed by atoms with van der Waals surface area (Å²) in [6.07, 6.45) is -1.10. The van der Waals surface area contributed by atoms with Gasteiger partial charge in [0.15, 0.2) is 6.10 Å². The maximum Gasteiger partial charge on any atom is 0.311 e. The standard InChI is InChI=1S/C18H18N2O5/c1-12(25-16(22)11-13-7-9-15(21)10-8-13)17(23)19-20-18(24)14-5-3-2-4-6-14/h2-10,12,21H,11H2,1H3,(H,19,23)(H,20,24)/t12-/m0/s1. The molecule has 2 aromatic rings. The summed E-state index contributed by atoms with van der Waals surface area (Å²) < 4.78 is 5.02. The van der Waals surface area contributed by atoms with Crippen molar-refractivity contribution in [2.75, 3.05) is 0 Å². The van der Waals surface area contributed by atoms with Gasteiger partial charge < -0.3 is 9.84 Å². The predicted molar refractivity (Wildman–Crippen MR) is 89.4 cm³/mol. The molecule has 0 aliphatic heterocycles. The minimum absolute atomic E-state index is 0.0335. The first-order valence-corrected chi connectivity index (χ1v) is 7.58. The van der Waals surface area contributed by atoms with Gasteiger partial charge >= 0.3 is 5.97 Å². The van der Waals surface area contributed by atoms with E-state index in [4.69, 9.17) is 4.74 Å². The van der Waals surface area contributed by atoms with Crippen molar-refractivity contribution >= 4 is 17.8 Å². The minimum atomic E-state index is -1.07. The lowest BCUT2D eigenvalue weighted by molar-refractivity contribution is -0.154. The van der Waals surface area contributed by atoms with Crippen molar-refractivity contribution in [3.05, 3.63) is 65.7 Å². The second-order valence-electron chi connectivity index (χ2n) is 5.28. The van der Waals surface area contributed by atoms with Crippen molar-refractivity contribution in [2.24, 2.45) is 0 Å². The summed E-state index contributed by atoms with van der Waals surface area (Å²) in [6, 6.07) is 14.4. The maximum atomic E-state index is 11.9. The van der Waals surface area contributed by atoms with Crippen LogP contribution < -0.4 is 10.9 Å². The van der Waals surface area contributed by atoms with Crippen LogP contribution in [0.15, 0.2) is 54.6 Å². The molecule has 0 aromatic heterocycles. The predicted octanol–water partition coefficient (Wildman–Crippen LogP) is 1.33. The first-order chi connectivity index (χ1) is 12.0. The molecule has 0 spiro atoms. The Morgan fingerprint density at radius 3 is 2.28 bits per heavy atom. The number of carbonyl (C=O) groups excluding carboxylic acids is 3. The Balaban J connectivity index is 1.78. The number of carbonyl (C=O) groups is 3. The van der Waals surface area contributed by atoms with Gasteiger partial charge in [0.2, 0.25) is 0 Å². The molecule has 0 saturated carbocycles. The topological polar surface area (TPSA) is 105 Å². The van der Waals surface area contributed by atoms with Gasteiger partial charge in [0, 0.05) is 5.56 Å². The van der Waals surface area contributed by atoms with Crippen molar-refractivity contribution in [2.45, 2.75) is 19.4 Å². The fourth-order valence-corrected chi connectivity index (χ4v) is 1.95. The zero-order chi connectivity index (χ0) is 18.2. The van der Waals surface area contributed by atoms with E-state index in [1.165, 1.54) is 19.1 Å². The highest BCUT2D eigenvalue weighted by atomic mass is 16.5. The molecule has 25 heavy (non-hydrogen) atoms. The largest absolute Gasteiger partial charge is 0.508 e. The van der Waals surface area contributed by atoms with Gasteiger partial charge in [-0.3, -0.25) is 25.2 Å². The highest BCUT2D eigenvalue weighted by molar-refractivity contribution is 5.95. The number of amides is 2. The number of benzene rings is 2. The minimum Gasteiger partial charge on any atom is -0.508 e. The van der Waals surface area contributed by atoms with Crippen LogP contribution in [-0.2, 0) is 20.7 Å². The summed E-state index contributed by atoms with van der Waals surface area (Å²) in [4.78, 5) is 35.5. The molecule has 0 unspecified atom stereocenters. The molecular formula is C18H18N2O5. The molecule has 2 aromatic carbocycles. The molecular weight excluding hydrogens is 324 g/mol. The van der Waals surface area contributed by atoms with E-state index in [0.29, 0.717) is 11.1 Å². The van der Waals surface area contributed by atoms with Crippen molar-refractivity contribution in [1.29, 1.82) is 0 Å². The Bertz CT molecular complexity index is 744. The van der Waals surface area contributed by atoms with Crippen LogP contribution in [0.25, 0.3) is 0 Å². The van der Waals surface area contributed by atoms with Crippen LogP contribution in [0.2, 0.25) is 0 Å². The third kappa shape index (κ3) is 5.65. The monoisotopic (exact) mass is 342 g/mol. The summed E-state index contributed by atoms with van der Waals surface area (Å²) in [5.74, 6) is -1.62. The average Bonchev–Trinajstić information content (AvgIpc) is 2.62. The Labute approximate surface area is 144 Å². The van der Waals surface area contributed by atoms with E-state index in [2.05, 4.69) is 10.9 Å². The number of hydrogen-bond acceptors (Lipinski definition) is 5. The molecule has 0 aliphatic rings. The van der Waals surface area contributed by atoms with E-state index >= 15 is 0 Å². The molecule has 7 nitrogen and oxygen atoms in total. The van der Waals surface area contributed by atoms with Crippen LogP contribution in [0.3, 0.4) is 0 Å². The Hall–Kier alpha value is -3.35. The van der Waals surface area contributed by atoms with Gasteiger partial charge in [-0.15, -0.1) is 0 Å². The number of phenolic OH excluding ortho intramolecular Hbond substituents is 1. The molecule has 0 aliphatic carbocycles. The summed E-state index contributed by atoms with van der Waals surface area (Å²) in [5, 5.41) is 9.19. The van der Waals surface area contributed by atoms with Crippen molar-refractivity contribution in [1.82, 2.24) is 10.9 Å². The second kappa shape index (κ2) is 8.49. The van der Waals surface area contributed by atoms with Crippen LogP contribution in [0.1, 0.15) is 22.8 Å². The first kappa shape index (κ1) is 18.0. The number of ether oxygens (including phenoxy) is 1. The van der Waals surface area contributed by atoms with Crippen LogP contribution in [0.4, 0.5) is 0 Å². The van der Waals surface area contributed by atoms with Crippen LogP contribution in [-0.4, -0.2) is 29.0 Å². The van der Waals surface area contributed by atoms with Gasteiger partial charge in [0.1, 0.15) is 5.75 Å². The Morgan fingerprint density at radius 2 is 1.64 bits per heavy atom. The third-order valence-corrected chi connectivity index (χ3v) is 3.30. The molecule has 2 rings (SSSR count). The van der Waals surface area contributed by atoms with E-state index in [1.54, 1.807) is 42.5 Å². The average molecular weight is 342 g/mol. The quantitative estimate of drug-likeness (QED) is 0.562. The van der Waals surface area contributed by atoms with Gasteiger partial charge in [0.25, 0.3) is 11.8 Å². The van der Waals surface area contributed by atoms with Gasteiger partial charge in [-0.1, -0.05) is 30.3 Å². The molecule has 130 valence electrons. The normalized spacial score (nSPS) is 11.2. The molecule has 0 heterocycles. The number of nitrogens with one attached hydrogen (secondary N) is 2. The summed E-state index contributed by atoms with van der Waals surface area (Å²) in [7, 11) is 0. The van der Waals surface area contributed by atoms with Gasteiger partial charge in [-0.2, -0.15) is 0 Å². The van der Waals surface area contributed by atoms with E-state index in [0.717, 1.165) is 0 Å². The zero-order valence-corrected chi connectivity index (χ0v) is 13.6. The van der Waals surface area contributed by atoms with E-state index < -0.39 is 23.9 Å². The smallest absolute Gasteiger partial charge is 0.311 e. The number of esters is 1.